The van der Waals surface area contributed by atoms with E-state index in [0.717, 1.165) is 49.2 Å². The van der Waals surface area contributed by atoms with Crippen molar-refractivity contribution in [2.24, 2.45) is 0 Å². The van der Waals surface area contributed by atoms with Gasteiger partial charge in [-0.2, -0.15) is 0 Å². The van der Waals surface area contributed by atoms with E-state index in [1.807, 2.05) is 127 Å². The highest BCUT2D eigenvalue weighted by atomic mass is 15.1. The van der Waals surface area contributed by atoms with E-state index in [1.165, 1.54) is 4.90 Å². The topological polar surface area (TPSA) is 3.24 Å². The maximum Gasteiger partial charge on any atom is 0.0645 e. The Morgan fingerprint density at radius 2 is 0.818 bits per heavy atom. The molecule has 10 aromatic carbocycles. The predicted molar refractivity (Wildman–Crippen MR) is 235 cm³/mol. The molecule has 0 N–H and O–H groups in total. The van der Waals surface area contributed by atoms with Gasteiger partial charge in [-0.1, -0.05) is 188 Å². The molecule has 0 amide bonds. The van der Waals surface area contributed by atoms with Gasteiger partial charge in [-0.15, -0.1) is 0 Å². The van der Waals surface area contributed by atoms with E-state index in [2.05, 4.69) is 24.3 Å². The van der Waals surface area contributed by atoms with Crippen LogP contribution in [0.3, 0.4) is 0 Å². The van der Waals surface area contributed by atoms with E-state index in [0.29, 0.717) is 22.2 Å². The normalized spacial score (nSPS) is 13.3. The molecular formula is C54H37N. The molecule has 0 fully saturated rings. The van der Waals surface area contributed by atoms with E-state index in [4.69, 9.17) is 0 Å². The van der Waals surface area contributed by atoms with Crippen molar-refractivity contribution in [1.82, 2.24) is 0 Å². The summed E-state index contributed by atoms with van der Waals surface area (Å²) in [4.78, 5) is 1.39. The first kappa shape index (κ1) is 24.9. The second-order valence-corrected chi connectivity index (χ2v) is 13.5. The van der Waals surface area contributed by atoms with Crippen molar-refractivity contribution in [2.45, 2.75) is 0 Å². The lowest BCUT2D eigenvalue weighted by Crippen LogP contribution is -2.10. The standard InChI is InChI=1S/C54H37N/c1-2-14-45(15-3-1)54-51-19-9-7-13-43(51)31-36-52(54)44-29-34-49(35-30-44)55(53-20-10-17-42-12-6-8-18-50(42)53)48-32-27-40(28-33-48)39-21-23-41(24-22-39)47-26-25-38-11-4-5-16-46(38)37-47/h1-37H/i27D,28D,29D,30D,32D,33D,34D,35D. The van der Waals surface area contributed by atoms with Gasteiger partial charge in [0.05, 0.1) is 16.7 Å². The summed E-state index contributed by atoms with van der Waals surface area (Å²) in [5.74, 6) is 0. The lowest BCUT2D eigenvalue weighted by molar-refractivity contribution is 1.30. The number of rotatable bonds is 7. The average Bonchev–Trinajstić information content (AvgIpc) is 3.32. The molecule has 0 bridgehead atoms. The van der Waals surface area contributed by atoms with Gasteiger partial charge in [-0.3, -0.25) is 0 Å². The first-order chi connectivity index (χ1) is 30.6. The van der Waals surface area contributed by atoms with Crippen LogP contribution in [0.25, 0.3) is 76.8 Å². The van der Waals surface area contributed by atoms with Crippen LogP contribution in [0.4, 0.5) is 17.1 Å². The molecule has 0 aliphatic rings. The summed E-state index contributed by atoms with van der Waals surface area (Å²) in [6.45, 7) is 0. The molecule has 0 aromatic heterocycles. The van der Waals surface area contributed by atoms with Crippen LogP contribution in [0.1, 0.15) is 11.0 Å². The summed E-state index contributed by atoms with van der Waals surface area (Å²) < 4.78 is 76.7. The van der Waals surface area contributed by atoms with Gasteiger partial charge in [0, 0.05) is 16.8 Å². The minimum Gasteiger partial charge on any atom is -0.310 e. The first-order valence-electron chi connectivity index (χ1n) is 22.3. The number of anilines is 3. The Morgan fingerprint density at radius 3 is 1.53 bits per heavy atom. The van der Waals surface area contributed by atoms with E-state index in [1.54, 1.807) is 24.3 Å². The Bertz CT molecular complexity index is 3380. The molecule has 0 saturated heterocycles. The molecular weight excluding hydrogens is 663 g/mol. The Morgan fingerprint density at radius 1 is 0.309 bits per heavy atom. The molecule has 0 heterocycles. The van der Waals surface area contributed by atoms with E-state index in [-0.39, 0.29) is 58.8 Å². The van der Waals surface area contributed by atoms with E-state index in [9.17, 15) is 11.0 Å². The van der Waals surface area contributed by atoms with Crippen molar-refractivity contribution in [2.75, 3.05) is 4.90 Å². The van der Waals surface area contributed by atoms with Crippen LogP contribution in [0.2, 0.25) is 0 Å². The lowest BCUT2D eigenvalue weighted by atomic mass is 9.90. The highest BCUT2D eigenvalue weighted by Crippen LogP contribution is 2.42. The fourth-order valence-corrected chi connectivity index (χ4v) is 7.46. The molecule has 0 atom stereocenters. The van der Waals surface area contributed by atoms with Crippen LogP contribution in [-0.2, 0) is 0 Å². The lowest BCUT2D eigenvalue weighted by Gasteiger charge is -2.27. The summed E-state index contributed by atoms with van der Waals surface area (Å²) in [6, 6.07) is 53.2. The Hall–Kier alpha value is -7.22. The molecule has 0 spiro atoms. The van der Waals surface area contributed by atoms with Crippen LogP contribution >= 0.6 is 0 Å². The zero-order valence-corrected chi connectivity index (χ0v) is 29.7. The minimum atomic E-state index is -0.392. The molecule has 0 saturated carbocycles. The predicted octanol–water partition coefficient (Wildman–Crippen LogP) is 15.3. The second-order valence-electron chi connectivity index (χ2n) is 13.5. The highest BCUT2D eigenvalue weighted by molar-refractivity contribution is 6.04. The molecule has 1 heteroatoms. The number of hydrogen-bond donors (Lipinski definition) is 0. The largest absolute Gasteiger partial charge is 0.310 e. The number of nitrogens with zero attached hydrogens (tertiary/aromatic N) is 1. The SMILES string of the molecule is [2H]c1c([2H])c(N(c2c([2H])c([2H])c(-c3ccc4ccccc4c3-c3ccccc3)c([2H])c2[2H])c2cccc3ccccc23)c([2H])c([2H])c1-c1ccc(-c2ccc3ccccc3c2)cc1. The summed E-state index contributed by atoms with van der Waals surface area (Å²) >= 11 is 0. The third-order valence-electron chi connectivity index (χ3n) is 10.2. The summed E-state index contributed by atoms with van der Waals surface area (Å²) in [7, 11) is 0. The van der Waals surface area contributed by atoms with Crippen molar-refractivity contribution in [3.8, 4) is 44.5 Å². The van der Waals surface area contributed by atoms with Crippen LogP contribution in [0.5, 0.6) is 0 Å². The van der Waals surface area contributed by atoms with Gasteiger partial charge in [0.1, 0.15) is 0 Å². The molecule has 55 heavy (non-hydrogen) atoms. The number of hydrogen-bond acceptors (Lipinski definition) is 1. The van der Waals surface area contributed by atoms with Crippen LogP contribution in [0.15, 0.2) is 224 Å². The Balaban J connectivity index is 1.18. The van der Waals surface area contributed by atoms with Crippen molar-refractivity contribution < 1.29 is 11.0 Å². The average molecular weight is 708 g/mol. The monoisotopic (exact) mass is 707 g/mol. The molecule has 0 aliphatic carbocycles. The minimum absolute atomic E-state index is 0.108. The van der Waals surface area contributed by atoms with Gasteiger partial charge < -0.3 is 4.90 Å². The smallest absolute Gasteiger partial charge is 0.0645 e. The van der Waals surface area contributed by atoms with Gasteiger partial charge in [-0.05, 0) is 108 Å². The van der Waals surface area contributed by atoms with Gasteiger partial charge in [0.15, 0.2) is 0 Å². The second kappa shape index (κ2) is 14.0. The highest BCUT2D eigenvalue weighted by Gasteiger charge is 2.17. The summed E-state index contributed by atoms with van der Waals surface area (Å²) in [6.07, 6.45) is 0. The van der Waals surface area contributed by atoms with Crippen molar-refractivity contribution in [3.63, 3.8) is 0 Å². The van der Waals surface area contributed by atoms with Crippen LogP contribution < -0.4 is 4.90 Å². The molecule has 10 rings (SSSR count). The van der Waals surface area contributed by atoms with Crippen LogP contribution in [-0.4, -0.2) is 0 Å². The maximum atomic E-state index is 9.71. The van der Waals surface area contributed by atoms with Crippen LogP contribution in [0, 0.1) is 0 Å². The summed E-state index contributed by atoms with van der Waals surface area (Å²) in [5.41, 5.74) is 4.80. The first-order valence-corrected chi connectivity index (χ1v) is 18.3. The maximum absolute atomic E-state index is 9.71. The van der Waals surface area contributed by atoms with E-state index < -0.39 is 12.1 Å². The molecule has 0 aliphatic heterocycles. The Labute approximate surface area is 333 Å². The van der Waals surface area contributed by atoms with Crippen molar-refractivity contribution in [1.29, 1.82) is 0 Å². The zero-order chi connectivity index (χ0) is 43.5. The van der Waals surface area contributed by atoms with Crippen molar-refractivity contribution >= 4 is 49.4 Å². The van der Waals surface area contributed by atoms with Gasteiger partial charge in [0.25, 0.3) is 0 Å². The number of fused-ring (bicyclic) bond motifs is 3. The molecule has 1 nitrogen and oxygen atoms in total. The van der Waals surface area contributed by atoms with Gasteiger partial charge in [-0.25, -0.2) is 0 Å². The molecule has 0 radical (unpaired) electrons. The van der Waals surface area contributed by atoms with Crippen molar-refractivity contribution in [3.05, 3.63) is 224 Å². The Kier molecular flexibility index (Phi) is 6.33. The molecule has 258 valence electrons. The molecule has 0 unspecified atom stereocenters. The fraction of sp³-hybridized carbons (Fsp3) is 0. The fourth-order valence-electron chi connectivity index (χ4n) is 7.46. The van der Waals surface area contributed by atoms with Gasteiger partial charge in [0.2, 0.25) is 0 Å². The van der Waals surface area contributed by atoms with Gasteiger partial charge >= 0.3 is 0 Å². The zero-order valence-electron chi connectivity index (χ0n) is 37.7. The van der Waals surface area contributed by atoms with E-state index >= 15 is 0 Å². The quantitative estimate of drug-likeness (QED) is 0.159. The summed E-state index contributed by atoms with van der Waals surface area (Å²) in [5, 5.41) is 5.55. The number of benzene rings is 10. The third-order valence-corrected chi connectivity index (χ3v) is 10.2. The third kappa shape index (κ3) is 6.12. The molecule has 10 aromatic rings.